The molecule has 0 amide bonds. The zero-order valence-electron chi connectivity index (χ0n) is 12.0. The van der Waals surface area contributed by atoms with Gasteiger partial charge in [-0.25, -0.2) is 0 Å². The Bertz CT molecular complexity index is 285. The van der Waals surface area contributed by atoms with Gasteiger partial charge >= 0.3 is 0 Å². The van der Waals surface area contributed by atoms with Crippen molar-refractivity contribution in [2.24, 2.45) is 11.8 Å². The zero-order chi connectivity index (χ0) is 13.3. The van der Waals surface area contributed by atoms with Crippen LogP contribution >= 0.6 is 0 Å². The van der Waals surface area contributed by atoms with E-state index >= 15 is 0 Å². The Morgan fingerprint density at radius 2 is 1.88 bits per heavy atom. The number of allylic oxidation sites excluding steroid dienone is 2. The summed E-state index contributed by atoms with van der Waals surface area (Å²) in [7, 11) is 0. The van der Waals surface area contributed by atoms with Crippen LogP contribution in [0.1, 0.15) is 60.3 Å². The highest BCUT2D eigenvalue weighted by atomic mass is 16.3. The third-order valence-electron chi connectivity index (χ3n) is 4.70. The average Bonchev–Trinajstić information content (AvgIpc) is 2.19. The van der Waals surface area contributed by atoms with Gasteiger partial charge in [0.05, 0.1) is 11.2 Å². The lowest BCUT2D eigenvalue weighted by molar-refractivity contribution is -0.165. The van der Waals surface area contributed by atoms with Gasteiger partial charge in [-0.2, -0.15) is 0 Å². The van der Waals surface area contributed by atoms with Gasteiger partial charge in [0, 0.05) is 5.92 Å². The molecule has 0 aromatic rings. The van der Waals surface area contributed by atoms with Crippen molar-refractivity contribution in [3.8, 4) is 0 Å². The molecule has 1 aliphatic rings. The quantitative estimate of drug-likeness (QED) is 0.743. The third-order valence-corrected chi connectivity index (χ3v) is 4.70. The van der Waals surface area contributed by atoms with Crippen LogP contribution in [-0.4, -0.2) is 21.4 Å². The van der Waals surface area contributed by atoms with Crippen LogP contribution in [0, 0.1) is 11.8 Å². The van der Waals surface area contributed by atoms with E-state index in [1.165, 1.54) is 5.57 Å². The summed E-state index contributed by atoms with van der Waals surface area (Å²) < 4.78 is 0. The first-order chi connectivity index (χ1) is 7.68. The van der Waals surface area contributed by atoms with Crippen LogP contribution in [0.15, 0.2) is 11.6 Å². The van der Waals surface area contributed by atoms with E-state index in [4.69, 9.17) is 0 Å². The van der Waals surface area contributed by atoms with E-state index in [9.17, 15) is 10.2 Å². The van der Waals surface area contributed by atoms with Gasteiger partial charge in [-0.05, 0) is 59.3 Å². The molecule has 0 aromatic heterocycles. The highest BCUT2D eigenvalue weighted by molar-refractivity contribution is 5.02. The molecule has 2 nitrogen and oxygen atoms in total. The first-order valence-electron chi connectivity index (χ1n) is 6.76. The van der Waals surface area contributed by atoms with E-state index in [2.05, 4.69) is 19.9 Å². The van der Waals surface area contributed by atoms with E-state index in [1.807, 2.05) is 20.8 Å². The molecule has 17 heavy (non-hydrogen) atoms. The van der Waals surface area contributed by atoms with Crippen molar-refractivity contribution in [1.29, 1.82) is 0 Å². The van der Waals surface area contributed by atoms with Crippen molar-refractivity contribution in [1.82, 2.24) is 0 Å². The molecule has 0 bridgehead atoms. The van der Waals surface area contributed by atoms with E-state index in [-0.39, 0.29) is 5.92 Å². The number of hydrogen-bond donors (Lipinski definition) is 2. The van der Waals surface area contributed by atoms with Crippen molar-refractivity contribution in [3.63, 3.8) is 0 Å². The Labute approximate surface area is 106 Å². The third kappa shape index (κ3) is 3.32. The van der Waals surface area contributed by atoms with Crippen molar-refractivity contribution in [2.45, 2.75) is 71.5 Å². The standard InChI is InChI=1S/C15H28O2/c1-11(2)7-6-8-13-9-10-14(4,16)12(3)15(13,5)17/h7,12-13,16-17H,6,8-10H2,1-5H3/t12-,13-,14-,15-/m1/s1. The molecule has 1 rings (SSSR count). The second-order valence-corrected chi connectivity index (χ2v) is 6.40. The lowest BCUT2D eigenvalue weighted by Crippen LogP contribution is -2.55. The molecule has 2 N–H and O–H groups in total. The molecule has 1 fully saturated rings. The first-order valence-corrected chi connectivity index (χ1v) is 6.76. The lowest BCUT2D eigenvalue weighted by atomic mass is 9.62. The van der Waals surface area contributed by atoms with Gasteiger partial charge in [0.2, 0.25) is 0 Å². The maximum absolute atomic E-state index is 10.6. The minimum absolute atomic E-state index is 0.0690. The summed E-state index contributed by atoms with van der Waals surface area (Å²) in [6.45, 7) is 9.91. The van der Waals surface area contributed by atoms with Gasteiger partial charge < -0.3 is 10.2 Å². The fourth-order valence-electron chi connectivity index (χ4n) is 2.97. The second kappa shape index (κ2) is 5.11. The Morgan fingerprint density at radius 3 is 2.41 bits per heavy atom. The van der Waals surface area contributed by atoms with Crippen molar-refractivity contribution in [3.05, 3.63) is 11.6 Å². The summed E-state index contributed by atoms with van der Waals surface area (Å²) in [4.78, 5) is 0. The van der Waals surface area contributed by atoms with Gasteiger partial charge in [-0.1, -0.05) is 18.6 Å². The van der Waals surface area contributed by atoms with Gasteiger partial charge in [0.1, 0.15) is 0 Å². The maximum Gasteiger partial charge on any atom is 0.0700 e. The van der Waals surface area contributed by atoms with E-state index in [0.717, 1.165) is 25.7 Å². The first kappa shape index (κ1) is 14.7. The summed E-state index contributed by atoms with van der Waals surface area (Å²) in [5.74, 6) is 0.230. The van der Waals surface area contributed by atoms with Crippen LogP contribution in [0.25, 0.3) is 0 Å². The molecule has 0 heterocycles. The molecular weight excluding hydrogens is 212 g/mol. The van der Waals surface area contributed by atoms with Crippen molar-refractivity contribution in [2.75, 3.05) is 0 Å². The highest BCUT2D eigenvalue weighted by Gasteiger charge is 2.49. The van der Waals surface area contributed by atoms with Gasteiger partial charge in [-0.3, -0.25) is 0 Å². The topological polar surface area (TPSA) is 40.5 Å². The predicted octanol–water partition coefficient (Wildman–Crippen LogP) is 3.28. The molecule has 0 aliphatic heterocycles. The molecule has 0 spiro atoms. The maximum atomic E-state index is 10.6. The molecule has 4 atom stereocenters. The van der Waals surface area contributed by atoms with Crippen LogP contribution in [0.2, 0.25) is 0 Å². The van der Waals surface area contributed by atoms with Gasteiger partial charge in [0.25, 0.3) is 0 Å². The Balaban J connectivity index is 2.66. The van der Waals surface area contributed by atoms with Crippen molar-refractivity contribution < 1.29 is 10.2 Å². The molecular formula is C15H28O2. The lowest BCUT2D eigenvalue weighted by Gasteiger charge is -2.49. The summed E-state index contributed by atoms with van der Waals surface area (Å²) in [5.41, 5.74) is -0.145. The fourth-order valence-corrected chi connectivity index (χ4v) is 2.97. The van der Waals surface area contributed by atoms with Crippen molar-refractivity contribution >= 4 is 0 Å². The van der Waals surface area contributed by atoms with Gasteiger partial charge in [0.15, 0.2) is 0 Å². The fraction of sp³-hybridized carbons (Fsp3) is 0.867. The molecule has 1 aliphatic carbocycles. The minimum atomic E-state index is -0.753. The minimum Gasteiger partial charge on any atom is -0.390 e. The number of aliphatic hydroxyl groups is 2. The molecule has 0 saturated heterocycles. The zero-order valence-corrected chi connectivity index (χ0v) is 12.0. The SMILES string of the molecule is CC(C)=CCC[C@@H]1CC[C@@](C)(O)[C@@H](C)[C@@]1(C)O. The van der Waals surface area contributed by atoms with Crippen LogP contribution in [0.4, 0.5) is 0 Å². The van der Waals surface area contributed by atoms with E-state index in [1.54, 1.807) is 0 Å². The highest BCUT2D eigenvalue weighted by Crippen LogP contribution is 2.45. The Hall–Kier alpha value is -0.340. The number of rotatable bonds is 3. The Morgan fingerprint density at radius 1 is 1.29 bits per heavy atom. The Kier molecular flexibility index (Phi) is 4.43. The monoisotopic (exact) mass is 240 g/mol. The van der Waals surface area contributed by atoms with E-state index < -0.39 is 11.2 Å². The second-order valence-electron chi connectivity index (χ2n) is 6.40. The summed E-state index contributed by atoms with van der Waals surface area (Å²) in [5, 5.41) is 20.9. The molecule has 0 unspecified atom stereocenters. The predicted molar refractivity (Wildman–Crippen MR) is 71.8 cm³/mol. The summed E-state index contributed by atoms with van der Waals surface area (Å²) in [6, 6.07) is 0. The van der Waals surface area contributed by atoms with Crippen LogP contribution in [0.5, 0.6) is 0 Å². The van der Waals surface area contributed by atoms with E-state index in [0.29, 0.717) is 5.92 Å². The normalized spacial score (nSPS) is 42.3. The van der Waals surface area contributed by atoms with Crippen LogP contribution < -0.4 is 0 Å². The molecule has 1 saturated carbocycles. The van der Waals surface area contributed by atoms with Gasteiger partial charge in [-0.15, -0.1) is 0 Å². The number of hydrogen-bond acceptors (Lipinski definition) is 2. The molecule has 0 radical (unpaired) electrons. The smallest absolute Gasteiger partial charge is 0.0700 e. The van der Waals surface area contributed by atoms with Crippen LogP contribution in [0.3, 0.4) is 0 Å². The molecule has 2 heteroatoms. The largest absolute Gasteiger partial charge is 0.390 e. The summed E-state index contributed by atoms with van der Waals surface area (Å²) in [6.07, 6.45) is 5.98. The summed E-state index contributed by atoms with van der Waals surface area (Å²) >= 11 is 0. The molecule has 0 aromatic carbocycles. The van der Waals surface area contributed by atoms with Crippen LogP contribution in [-0.2, 0) is 0 Å². The average molecular weight is 240 g/mol. The molecule has 100 valence electrons.